The topological polar surface area (TPSA) is 271 Å². The largest absolute Gasteiger partial charge is 0.491 e. The van der Waals surface area contributed by atoms with Crippen LogP contribution in [0, 0.1) is 13.8 Å². The van der Waals surface area contributed by atoms with Crippen molar-refractivity contribution in [3.05, 3.63) is 82.6 Å². The van der Waals surface area contributed by atoms with Crippen molar-refractivity contribution in [2.45, 2.75) is 86.7 Å². The number of aryl methyl sites for hydroxylation is 4. The Labute approximate surface area is 386 Å². The smallest absolute Gasteiger partial charge is 0.410 e. The van der Waals surface area contributed by atoms with Crippen molar-refractivity contribution in [2.75, 3.05) is 50.0 Å². The second-order valence-electron chi connectivity index (χ2n) is 17.1. The van der Waals surface area contributed by atoms with Crippen molar-refractivity contribution in [3.63, 3.8) is 0 Å². The lowest BCUT2D eigenvalue weighted by Gasteiger charge is -2.35. The SMILES string of the molecule is CCn1nc(C)cc1C(=O)Nc1nc2cc(C(N)=O)cnc2n1C/C=C/Cn1c(NC(=O)c2cc(C)nn2CC)nc2cc(C(N)=O)cc(OCCCN3CCN(C(=O)OC(C)(C)C)CC3)c21. The molecule has 0 spiro atoms. The molecule has 1 fully saturated rings. The number of pyridine rings is 1. The summed E-state index contributed by atoms with van der Waals surface area (Å²) in [7, 11) is 0. The van der Waals surface area contributed by atoms with Crippen LogP contribution in [-0.2, 0) is 30.9 Å². The van der Waals surface area contributed by atoms with E-state index in [1.165, 1.54) is 12.3 Å². The molecule has 1 aliphatic heterocycles. The average Bonchev–Trinajstić information content (AvgIpc) is 4.05. The summed E-state index contributed by atoms with van der Waals surface area (Å²) in [6, 6.07) is 7.99. The van der Waals surface area contributed by atoms with E-state index in [1.807, 2.05) is 46.8 Å². The number of nitrogens with one attached hydrogen (secondary N) is 2. The monoisotopic (exact) mass is 919 g/mol. The number of piperazine rings is 1. The number of carbonyl (C=O) groups excluding carboxylic acids is 5. The number of ether oxygens (including phenoxy) is 2. The third-order valence-electron chi connectivity index (χ3n) is 10.9. The first kappa shape index (κ1) is 47.3. The molecule has 6 heterocycles. The second kappa shape index (κ2) is 19.9. The van der Waals surface area contributed by atoms with Gasteiger partial charge in [-0.2, -0.15) is 10.2 Å². The summed E-state index contributed by atoms with van der Waals surface area (Å²) in [5.74, 6) is -1.57. The van der Waals surface area contributed by atoms with Gasteiger partial charge in [0.2, 0.25) is 23.7 Å². The van der Waals surface area contributed by atoms with Crippen LogP contribution in [0.2, 0.25) is 0 Å². The molecule has 6 aromatic rings. The molecule has 1 saturated heterocycles. The van der Waals surface area contributed by atoms with E-state index in [-0.39, 0.29) is 48.8 Å². The fourth-order valence-electron chi connectivity index (χ4n) is 7.75. The van der Waals surface area contributed by atoms with Crippen LogP contribution in [0.3, 0.4) is 0 Å². The number of nitrogens with two attached hydrogens (primary N) is 2. The van der Waals surface area contributed by atoms with Crippen LogP contribution in [0.15, 0.2) is 48.7 Å². The number of allylic oxidation sites excluding steroid dienone is 2. The van der Waals surface area contributed by atoms with Gasteiger partial charge in [0.15, 0.2) is 5.65 Å². The van der Waals surface area contributed by atoms with Crippen LogP contribution in [0.4, 0.5) is 16.7 Å². The highest BCUT2D eigenvalue weighted by Gasteiger charge is 2.27. The van der Waals surface area contributed by atoms with Crippen molar-refractivity contribution in [1.82, 2.24) is 53.4 Å². The zero-order valence-corrected chi connectivity index (χ0v) is 38.8. The number of nitrogens with zero attached hydrogens (tertiary/aromatic N) is 11. The molecule has 0 radical (unpaired) electrons. The first-order valence-corrected chi connectivity index (χ1v) is 22.1. The Morgan fingerprint density at radius 1 is 0.746 bits per heavy atom. The Balaban J connectivity index is 1.17. The first-order chi connectivity index (χ1) is 31.9. The summed E-state index contributed by atoms with van der Waals surface area (Å²) in [5.41, 5.74) is 14.7. The molecule has 22 nitrogen and oxygen atoms in total. The number of benzene rings is 1. The van der Waals surface area contributed by atoms with Gasteiger partial charge in [-0.05, 0) is 85.2 Å². The van der Waals surface area contributed by atoms with Gasteiger partial charge in [0.25, 0.3) is 11.8 Å². The number of anilines is 2. The Morgan fingerprint density at radius 2 is 1.30 bits per heavy atom. The minimum absolute atomic E-state index is 0.148. The first-order valence-electron chi connectivity index (χ1n) is 22.1. The van der Waals surface area contributed by atoms with Gasteiger partial charge in [0.05, 0.1) is 29.1 Å². The number of carbonyl (C=O) groups is 5. The minimum Gasteiger partial charge on any atom is -0.491 e. The van der Waals surface area contributed by atoms with Gasteiger partial charge < -0.3 is 30.4 Å². The second-order valence-corrected chi connectivity index (χ2v) is 17.1. The van der Waals surface area contributed by atoms with E-state index in [4.69, 9.17) is 25.9 Å². The molecule has 1 aromatic carbocycles. The third-order valence-corrected chi connectivity index (χ3v) is 10.9. The van der Waals surface area contributed by atoms with Gasteiger partial charge in [0, 0.05) is 70.7 Å². The van der Waals surface area contributed by atoms with Crippen molar-refractivity contribution in [3.8, 4) is 5.75 Å². The molecule has 7 rings (SSSR count). The highest BCUT2D eigenvalue weighted by Crippen LogP contribution is 2.32. The van der Waals surface area contributed by atoms with Gasteiger partial charge >= 0.3 is 6.09 Å². The number of rotatable bonds is 17. The van der Waals surface area contributed by atoms with Crippen LogP contribution in [0.1, 0.15) is 94.1 Å². The quantitative estimate of drug-likeness (QED) is 0.0742. The van der Waals surface area contributed by atoms with Gasteiger partial charge in [-0.25, -0.2) is 19.7 Å². The van der Waals surface area contributed by atoms with Crippen LogP contribution < -0.4 is 26.8 Å². The lowest BCUT2D eigenvalue weighted by atomic mass is 10.1. The van der Waals surface area contributed by atoms with Gasteiger partial charge in [-0.3, -0.25) is 48.6 Å². The fraction of sp³-hybridized carbons (Fsp3) is 0.422. The van der Waals surface area contributed by atoms with Crippen LogP contribution in [0.25, 0.3) is 22.2 Å². The Hall–Kier alpha value is -7.62. The molecule has 0 aliphatic carbocycles. The summed E-state index contributed by atoms with van der Waals surface area (Å²) in [6.45, 7) is 17.5. The van der Waals surface area contributed by atoms with Crippen LogP contribution >= 0.6 is 0 Å². The molecule has 354 valence electrons. The maximum Gasteiger partial charge on any atom is 0.410 e. The number of hydrogen-bond donors (Lipinski definition) is 4. The number of primary amides is 2. The van der Waals surface area contributed by atoms with Crippen molar-refractivity contribution in [1.29, 1.82) is 0 Å². The molecule has 0 atom stereocenters. The lowest BCUT2D eigenvalue weighted by Crippen LogP contribution is -2.50. The number of fused-ring (bicyclic) bond motifs is 2. The summed E-state index contributed by atoms with van der Waals surface area (Å²) >= 11 is 0. The van der Waals surface area contributed by atoms with E-state index < -0.39 is 29.2 Å². The molecule has 22 heteroatoms. The van der Waals surface area contributed by atoms with E-state index in [1.54, 1.807) is 61.5 Å². The normalized spacial score (nSPS) is 13.4. The Kier molecular flexibility index (Phi) is 14.0. The summed E-state index contributed by atoms with van der Waals surface area (Å²) < 4.78 is 18.6. The highest BCUT2D eigenvalue weighted by molar-refractivity contribution is 6.05. The van der Waals surface area contributed by atoms with E-state index in [0.29, 0.717) is 103 Å². The lowest BCUT2D eigenvalue weighted by molar-refractivity contribution is 0.0141. The van der Waals surface area contributed by atoms with E-state index >= 15 is 0 Å². The molecule has 0 bridgehead atoms. The molecule has 0 unspecified atom stereocenters. The fourth-order valence-corrected chi connectivity index (χ4v) is 7.75. The molecule has 5 amide bonds. The molecule has 6 N–H and O–H groups in total. The zero-order valence-electron chi connectivity index (χ0n) is 38.8. The van der Waals surface area contributed by atoms with Crippen LogP contribution in [-0.4, -0.2) is 128 Å². The predicted octanol–water partition coefficient (Wildman–Crippen LogP) is 4.11. The third kappa shape index (κ3) is 10.9. The van der Waals surface area contributed by atoms with Gasteiger partial charge in [0.1, 0.15) is 33.8 Å². The van der Waals surface area contributed by atoms with Crippen molar-refractivity contribution in [2.24, 2.45) is 11.5 Å². The number of imidazole rings is 2. The Bertz CT molecular complexity index is 2870. The number of aromatic nitrogens is 9. The molecular formula is C45H57N15O7. The van der Waals surface area contributed by atoms with Gasteiger partial charge in [-0.15, -0.1) is 0 Å². The minimum atomic E-state index is -0.682. The summed E-state index contributed by atoms with van der Waals surface area (Å²) in [4.78, 5) is 82.5. The molecular weight excluding hydrogens is 863 g/mol. The van der Waals surface area contributed by atoms with E-state index in [2.05, 4.69) is 35.7 Å². The number of amides is 5. The maximum absolute atomic E-state index is 13.9. The van der Waals surface area contributed by atoms with Gasteiger partial charge in [-0.1, -0.05) is 12.2 Å². The Morgan fingerprint density at radius 3 is 1.87 bits per heavy atom. The highest BCUT2D eigenvalue weighted by atomic mass is 16.6. The van der Waals surface area contributed by atoms with E-state index in [9.17, 15) is 24.0 Å². The van der Waals surface area contributed by atoms with E-state index in [0.717, 1.165) is 0 Å². The maximum atomic E-state index is 13.9. The average molecular weight is 920 g/mol. The molecule has 0 saturated carbocycles. The molecule has 1 aliphatic rings. The molecule has 67 heavy (non-hydrogen) atoms. The van der Waals surface area contributed by atoms with Crippen molar-refractivity contribution >= 4 is 63.8 Å². The summed E-state index contributed by atoms with van der Waals surface area (Å²) in [5, 5.41) is 14.6. The predicted molar refractivity (Wildman–Crippen MR) is 249 cm³/mol. The molecule has 5 aromatic heterocycles. The van der Waals surface area contributed by atoms with Crippen molar-refractivity contribution < 1.29 is 33.4 Å². The summed E-state index contributed by atoms with van der Waals surface area (Å²) in [6.07, 6.45) is 5.31. The standard InChI is InChI=1S/C45H57N15O7/c1-8-59-33(21-27(3)53-59)40(63)51-42-49-31-23-29(37(46)61)25-35(66-20-12-13-55-16-18-56(19-17-55)44(65)67-45(5,6)7)36(31)57(42)14-10-11-15-58-39-32(24-30(26-48-39)38(47)62)50-43(58)52-41(64)34-22-28(4)54-60(34)9-2/h10-11,21-26H,8-9,12-20H2,1-7H3,(H2,46,61)(H2,47,62)(H,49,51,63)(H,50,52,64)/b11-10+. The number of hydrogen-bond acceptors (Lipinski definition) is 13. The zero-order chi connectivity index (χ0) is 48.2. The van der Waals surface area contributed by atoms with Crippen LogP contribution in [0.5, 0.6) is 5.75 Å².